The van der Waals surface area contributed by atoms with E-state index in [9.17, 15) is 22.8 Å². The van der Waals surface area contributed by atoms with Gasteiger partial charge in [-0.3, -0.25) is 14.5 Å². The molecule has 3 heterocycles. The van der Waals surface area contributed by atoms with Crippen molar-refractivity contribution in [2.45, 2.75) is 45.1 Å². The van der Waals surface area contributed by atoms with Crippen LogP contribution in [0.5, 0.6) is 5.75 Å². The van der Waals surface area contributed by atoms with Crippen LogP contribution in [0.25, 0.3) is 10.9 Å². The lowest BCUT2D eigenvalue weighted by Gasteiger charge is -2.34. The Balaban J connectivity index is 1.36. The molecule has 0 saturated carbocycles. The van der Waals surface area contributed by atoms with Gasteiger partial charge in [0, 0.05) is 30.6 Å². The molecule has 2 aromatic carbocycles. The summed E-state index contributed by atoms with van der Waals surface area (Å²) in [5, 5.41) is 9.55. The number of hydrogen-bond acceptors (Lipinski definition) is 4. The molecule has 214 valence electrons. The third kappa shape index (κ3) is 6.20. The topological polar surface area (TPSA) is 75.0 Å². The quantitative estimate of drug-likeness (QED) is 0.376. The first-order chi connectivity index (χ1) is 19.0. The highest BCUT2D eigenvalue weighted by molar-refractivity contribution is 6.32. The van der Waals surface area contributed by atoms with E-state index >= 15 is 4.39 Å². The predicted octanol–water partition coefficient (Wildman–Crippen LogP) is 5.45. The molecule has 7 nitrogen and oxygen atoms in total. The first kappa shape index (κ1) is 28.2. The van der Waals surface area contributed by atoms with E-state index in [-0.39, 0.29) is 42.9 Å². The number of aliphatic carboxylic acids is 1. The maximum Gasteiger partial charge on any atom is 0.573 e. The maximum atomic E-state index is 15.1. The van der Waals surface area contributed by atoms with Gasteiger partial charge in [0.15, 0.2) is 0 Å². The average Bonchev–Trinajstić information content (AvgIpc) is 3.20. The number of halogens is 5. The number of carbonyl (C=O) groups excluding carboxylic acids is 1. The third-order valence-electron chi connectivity index (χ3n) is 7.67. The molecule has 1 fully saturated rings. The minimum atomic E-state index is -4.88. The number of carbonyl (C=O) groups is 2. The predicted molar refractivity (Wildman–Crippen MR) is 140 cm³/mol. The van der Waals surface area contributed by atoms with Gasteiger partial charge < -0.3 is 19.3 Å². The van der Waals surface area contributed by atoms with E-state index in [0.29, 0.717) is 37.1 Å². The Bertz CT molecular complexity index is 1430. The van der Waals surface area contributed by atoms with Crippen molar-refractivity contribution in [3.8, 4) is 5.75 Å². The van der Waals surface area contributed by atoms with Crippen LogP contribution in [0.2, 0.25) is 5.02 Å². The minimum Gasteiger partial charge on any atom is -0.481 e. The number of fused-ring (bicyclic) bond motifs is 3. The van der Waals surface area contributed by atoms with Gasteiger partial charge in [0.05, 0.1) is 23.6 Å². The molecule has 0 aliphatic carbocycles. The number of rotatable bonds is 7. The molecule has 0 bridgehead atoms. The largest absolute Gasteiger partial charge is 0.573 e. The van der Waals surface area contributed by atoms with E-state index in [1.54, 1.807) is 15.5 Å². The number of nitrogens with zero attached hydrogens (tertiary/aromatic N) is 3. The van der Waals surface area contributed by atoms with Crippen molar-refractivity contribution in [3.63, 3.8) is 0 Å². The molecule has 3 aromatic rings. The first-order valence-electron chi connectivity index (χ1n) is 13.0. The van der Waals surface area contributed by atoms with Crippen LogP contribution in [-0.4, -0.2) is 63.9 Å². The van der Waals surface area contributed by atoms with Crippen LogP contribution in [0.3, 0.4) is 0 Å². The van der Waals surface area contributed by atoms with E-state index in [2.05, 4.69) is 4.74 Å². The zero-order chi connectivity index (χ0) is 28.6. The van der Waals surface area contributed by atoms with Gasteiger partial charge in [-0.25, -0.2) is 4.39 Å². The van der Waals surface area contributed by atoms with Crippen molar-refractivity contribution >= 4 is 34.4 Å². The molecule has 0 unspecified atom stereocenters. The normalized spacial score (nSPS) is 16.8. The lowest BCUT2D eigenvalue weighted by atomic mass is 9.93. The first-order valence-corrected chi connectivity index (χ1v) is 13.4. The Morgan fingerprint density at radius 2 is 1.85 bits per heavy atom. The molecule has 2 aliphatic rings. The molecular formula is C28H28ClF4N3O4. The average molecular weight is 582 g/mol. The van der Waals surface area contributed by atoms with Crippen molar-refractivity contribution in [3.05, 3.63) is 64.1 Å². The van der Waals surface area contributed by atoms with Crippen LogP contribution in [-0.2, 0) is 29.1 Å². The van der Waals surface area contributed by atoms with Gasteiger partial charge in [0.2, 0.25) is 5.91 Å². The number of alkyl halides is 3. The van der Waals surface area contributed by atoms with Gasteiger partial charge in [-0.1, -0.05) is 29.8 Å². The number of likely N-dealkylation sites (tertiary alicyclic amines) is 1. The van der Waals surface area contributed by atoms with Crippen molar-refractivity contribution in [1.82, 2.24) is 14.4 Å². The summed E-state index contributed by atoms with van der Waals surface area (Å²) >= 11 is 6.06. The zero-order valence-corrected chi connectivity index (χ0v) is 22.3. The Labute approximate surface area is 232 Å². The summed E-state index contributed by atoms with van der Waals surface area (Å²) in [6.45, 7) is 2.41. The summed E-state index contributed by atoms with van der Waals surface area (Å²) in [6.07, 6.45) is -2.75. The van der Waals surface area contributed by atoms with E-state index in [1.807, 2.05) is 11.0 Å². The van der Waals surface area contributed by atoms with Crippen molar-refractivity contribution in [2.24, 2.45) is 5.92 Å². The number of para-hydroxylation sites is 1. The Morgan fingerprint density at radius 1 is 1.10 bits per heavy atom. The minimum absolute atomic E-state index is 0.0590. The number of piperidine rings is 1. The summed E-state index contributed by atoms with van der Waals surface area (Å²) in [4.78, 5) is 28.0. The molecule has 0 radical (unpaired) electrons. The Kier molecular flexibility index (Phi) is 7.96. The molecule has 1 N–H and O–H groups in total. The highest BCUT2D eigenvalue weighted by Gasteiger charge is 2.33. The van der Waals surface area contributed by atoms with Crippen LogP contribution >= 0.6 is 11.6 Å². The summed E-state index contributed by atoms with van der Waals surface area (Å²) in [6, 6.07) is 8.77. The molecule has 40 heavy (non-hydrogen) atoms. The van der Waals surface area contributed by atoms with Crippen LogP contribution in [0.15, 0.2) is 36.4 Å². The molecule has 2 aliphatic heterocycles. The van der Waals surface area contributed by atoms with Gasteiger partial charge in [0.1, 0.15) is 11.6 Å². The second-order valence-corrected chi connectivity index (χ2v) is 10.7. The molecule has 1 saturated heterocycles. The number of amides is 1. The second kappa shape index (κ2) is 11.3. The molecule has 1 aromatic heterocycles. The summed E-state index contributed by atoms with van der Waals surface area (Å²) in [7, 11) is 0. The summed E-state index contributed by atoms with van der Waals surface area (Å²) < 4.78 is 58.8. The molecule has 1 amide bonds. The van der Waals surface area contributed by atoms with E-state index in [0.717, 1.165) is 35.6 Å². The fourth-order valence-electron chi connectivity index (χ4n) is 5.76. The van der Waals surface area contributed by atoms with Gasteiger partial charge in [-0.15, -0.1) is 13.2 Å². The fourth-order valence-corrected chi connectivity index (χ4v) is 6.00. The van der Waals surface area contributed by atoms with Crippen LogP contribution in [0.4, 0.5) is 17.6 Å². The van der Waals surface area contributed by atoms with Crippen LogP contribution in [0.1, 0.15) is 36.1 Å². The smallest absolute Gasteiger partial charge is 0.481 e. The third-order valence-corrected chi connectivity index (χ3v) is 7.97. The number of carboxylic acid groups (broad SMARTS) is 1. The van der Waals surface area contributed by atoms with Gasteiger partial charge >= 0.3 is 12.3 Å². The molecule has 0 atom stereocenters. The zero-order valence-electron chi connectivity index (χ0n) is 21.5. The van der Waals surface area contributed by atoms with E-state index in [4.69, 9.17) is 16.7 Å². The molecule has 0 spiro atoms. The lowest BCUT2D eigenvalue weighted by Crippen LogP contribution is -2.45. The van der Waals surface area contributed by atoms with Crippen LogP contribution < -0.4 is 4.74 Å². The number of benzene rings is 2. The molecule has 12 heteroatoms. The van der Waals surface area contributed by atoms with Crippen molar-refractivity contribution in [2.75, 3.05) is 26.2 Å². The SMILES string of the molecule is O=C(O)CC1CCN(CC(=O)N2CCc3c(n(Cc4ccc(OC(F)(F)F)c(Cl)c4)c4c(F)cccc34)C2)CC1. The highest BCUT2D eigenvalue weighted by Crippen LogP contribution is 2.35. The van der Waals surface area contributed by atoms with Gasteiger partial charge in [-0.05, 0) is 67.6 Å². The van der Waals surface area contributed by atoms with E-state index in [1.165, 1.54) is 18.2 Å². The standard InChI is InChI=1S/C28H28ClF4N3O4/c29-21-12-18(4-5-24(21)40-28(31,32)33)14-36-23-15-35(11-8-19(23)20-2-1-3-22(30)27(20)36)25(37)16-34-9-6-17(7-10-34)13-26(38)39/h1-5,12,17H,6-11,13-16H2,(H,38,39). The number of carboxylic acids is 1. The maximum absolute atomic E-state index is 15.1. The second-order valence-electron chi connectivity index (χ2n) is 10.3. The molecular weight excluding hydrogens is 554 g/mol. The highest BCUT2D eigenvalue weighted by atomic mass is 35.5. The Hall–Kier alpha value is -3.31. The number of hydrogen-bond donors (Lipinski definition) is 1. The van der Waals surface area contributed by atoms with Gasteiger partial charge in [0.25, 0.3) is 0 Å². The number of aromatic nitrogens is 1. The lowest BCUT2D eigenvalue weighted by molar-refractivity contribution is -0.274. The number of ether oxygens (including phenoxy) is 1. The molecule has 5 rings (SSSR count). The summed E-state index contributed by atoms with van der Waals surface area (Å²) in [5.74, 6) is -1.70. The monoisotopic (exact) mass is 581 g/mol. The fraction of sp³-hybridized carbons (Fsp3) is 0.429. The van der Waals surface area contributed by atoms with Gasteiger partial charge in [-0.2, -0.15) is 0 Å². The Morgan fingerprint density at radius 3 is 2.52 bits per heavy atom. The summed E-state index contributed by atoms with van der Waals surface area (Å²) in [5.41, 5.74) is 2.63. The van der Waals surface area contributed by atoms with Crippen molar-refractivity contribution in [1.29, 1.82) is 0 Å². The van der Waals surface area contributed by atoms with E-state index < -0.39 is 23.9 Å². The van der Waals surface area contributed by atoms with Crippen molar-refractivity contribution < 1.29 is 37.0 Å². The van der Waals surface area contributed by atoms with Crippen LogP contribution in [0, 0.1) is 11.7 Å².